The Labute approximate surface area is 157 Å². The van der Waals surface area contributed by atoms with E-state index in [9.17, 15) is 14.4 Å². The monoisotopic (exact) mass is 371 g/mol. The Morgan fingerprint density at radius 3 is 2.67 bits per heavy atom. The average molecular weight is 371 g/mol. The number of aryl methyl sites for hydroxylation is 1. The molecule has 1 unspecified atom stereocenters. The maximum absolute atomic E-state index is 12.9. The summed E-state index contributed by atoms with van der Waals surface area (Å²) in [7, 11) is 1.75. The highest BCUT2D eigenvalue weighted by Gasteiger charge is 2.31. The number of hydrogen-bond acceptors (Lipinski definition) is 5. The third kappa shape index (κ3) is 3.30. The van der Waals surface area contributed by atoms with Crippen LogP contribution in [0.4, 0.5) is 0 Å². The van der Waals surface area contributed by atoms with Crippen molar-refractivity contribution in [2.45, 2.75) is 25.3 Å². The number of piperidine rings is 1. The highest BCUT2D eigenvalue weighted by atomic mass is 16.2. The number of amides is 2. The molecule has 2 N–H and O–H groups in total. The van der Waals surface area contributed by atoms with Crippen LogP contribution < -0.4 is 16.3 Å². The summed E-state index contributed by atoms with van der Waals surface area (Å²) < 4.78 is 3.18. The quantitative estimate of drug-likeness (QED) is 0.725. The van der Waals surface area contributed by atoms with Gasteiger partial charge < -0.3 is 10.2 Å². The highest BCUT2D eigenvalue weighted by molar-refractivity contribution is 6.00. The van der Waals surface area contributed by atoms with Gasteiger partial charge in [0.25, 0.3) is 0 Å². The summed E-state index contributed by atoms with van der Waals surface area (Å²) in [5, 5.41) is 5.71. The van der Waals surface area contributed by atoms with E-state index in [1.54, 1.807) is 16.2 Å². The second-order valence-corrected chi connectivity index (χ2v) is 7.31. The molecule has 4 rings (SSSR count). The lowest BCUT2D eigenvalue weighted by Gasteiger charge is -2.27. The number of benzene rings is 1. The molecule has 2 fully saturated rings. The van der Waals surface area contributed by atoms with E-state index in [1.807, 2.05) is 12.1 Å². The molecule has 2 aliphatic rings. The second kappa shape index (κ2) is 7.28. The molecule has 1 atom stereocenters. The molecule has 2 aromatic rings. The first-order chi connectivity index (χ1) is 13.1. The fourth-order valence-electron chi connectivity index (χ4n) is 4.16. The number of imide groups is 1. The Kier molecular flexibility index (Phi) is 4.84. The number of hydrogen-bond donors (Lipinski definition) is 2. The predicted molar refractivity (Wildman–Crippen MR) is 102 cm³/mol. The number of carbonyl (C=O) groups is 2. The lowest BCUT2D eigenvalue weighted by molar-refractivity contribution is -0.135. The van der Waals surface area contributed by atoms with Gasteiger partial charge in [0, 0.05) is 46.2 Å². The average Bonchev–Trinajstić information content (AvgIpc) is 2.93. The van der Waals surface area contributed by atoms with Gasteiger partial charge in [0.05, 0.1) is 11.0 Å². The van der Waals surface area contributed by atoms with E-state index in [4.69, 9.17) is 0 Å². The van der Waals surface area contributed by atoms with E-state index in [1.165, 1.54) is 0 Å². The molecule has 2 aliphatic heterocycles. The van der Waals surface area contributed by atoms with E-state index in [2.05, 4.69) is 21.6 Å². The van der Waals surface area contributed by atoms with Crippen molar-refractivity contribution < 1.29 is 9.59 Å². The molecule has 0 spiro atoms. The fraction of sp³-hybridized carbons (Fsp3) is 0.526. The SMILES string of the molecule is Cn1c(=O)n(C2CCC(=O)NC2=O)c2cccc(CCN3CCNCC3)c21. The van der Waals surface area contributed by atoms with Crippen LogP contribution in [0.25, 0.3) is 11.0 Å². The smallest absolute Gasteiger partial charge is 0.314 e. The maximum atomic E-state index is 12.9. The molecular weight excluding hydrogens is 346 g/mol. The molecule has 3 heterocycles. The largest absolute Gasteiger partial charge is 0.329 e. The zero-order valence-electron chi connectivity index (χ0n) is 15.5. The van der Waals surface area contributed by atoms with E-state index in [-0.39, 0.29) is 18.0 Å². The van der Waals surface area contributed by atoms with Gasteiger partial charge in [0.1, 0.15) is 6.04 Å². The van der Waals surface area contributed by atoms with Crippen molar-refractivity contribution in [3.8, 4) is 0 Å². The minimum atomic E-state index is -0.637. The van der Waals surface area contributed by atoms with Gasteiger partial charge in [0.2, 0.25) is 11.8 Å². The lowest BCUT2D eigenvalue weighted by atomic mass is 10.0. The summed E-state index contributed by atoms with van der Waals surface area (Å²) in [4.78, 5) is 39.1. The van der Waals surface area contributed by atoms with E-state index >= 15 is 0 Å². The van der Waals surface area contributed by atoms with E-state index < -0.39 is 11.9 Å². The number of fused-ring (bicyclic) bond motifs is 1. The molecule has 144 valence electrons. The number of rotatable bonds is 4. The van der Waals surface area contributed by atoms with E-state index in [0.29, 0.717) is 6.42 Å². The molecule has 0 aliphatic carbocycles. The van der Waals surface area contributed by atoms with Crippen molar-refractivity contribution in [2.75, 3.05) is 32.7 Å². The first kappa shape index (κ1) is 17.9. The van der Waals surface area contributed by atoms with Crippen molar-refractivity contribution in [1.29, 1.82) is 0 Å². The van der Waals surface area contributed by atoms with Crippen molar-refractivity contribution in [3.05, 3.63) is 34.2 Å². The Bertz CT molecular complexity index is 939. The van der Waals surface area contributed by atoms with Crippen LogP contribution in [0.5, 0.6) is 0 Å². The molecule has 1 aromatic heterocycles. The van der Waals surface area contributed by atoms with Crippen LogP contribution in [0.2, 0.25) is 0 Å². The summed E-state index contributed by atoms with van der Waals surface area (Å²) in [5.41, 5.74) is 2.53. The zero-order chi connectivity index (χ0) is 19.0. The number of carbonyl (C=O) groups excluding carboxylic acids is 2. The molecule has 0 radical (unpaired) electrons. The molecule has 8 nitrogen and oxygen atoms in total. The van der Waals surface area contributed by atoms with Gasteiger partial charge >= 0.3 is 5.69 Å². The first-order valence-electron chi connectivity index (χ1n) is 9.52. The number of imidazole rings is 1. The Balaban J connectivity index is 1.68. The van der Waals surface area contributed by atoms with Crippen LogP contribution in [-0.2, 0) is 23.1 Å². The maximum Gasteiger partial charge on any atom is 0.329 e. The number of aromatic nitrogens is 2. The number of piperazine rings is 1. The zero-order valence-corrected chi connectivity index (χ0v) is 15.5. The molecular formula is C19H25N5O3. The van der Waals surface area contributed by atoms with Crippen molar-refractivity contribution in [3.63, 3.8) is 0 Å². The molecule has 0 saturated carbocycles. The van der Waals surface area contributed by atoms with Gasteiger partial charge in [0.15, 0.2) is 0 Å². The molecule has 1 aromatic carbocycles. The Morgan fingerprint density at radius 1 is 1.15 bits per heavy atom. The van der Waals surface area contributed by atoms with Crippen LogP contribution in [0.3, 0.4) is 0 Å². The Hall–Kier alpha value is -2.45. The molecule has 27 heavy (non-hydrogen) atoms. The minimum Gasteiger partial charge on any atom is -0.314 e. The summed E-state index contributed by atoms with van der Waals surface area (Å²) in [6.45, 7) is 5.03. The normalized spacial score (nSPS) is 21.6. The minimum absolute atomic E-state index is 0.214. The third-order valence-corrected chi connectivity index (χ3v) is 5.62. The van der Waals surface area contributed by atoms with Gasteiger partial charge in [-0.15, -0.1) is 0 Å². The molecule has 8 heteroatoms. The number of nitrogens with zero attached hydrogens (tertiary/aromatic N) is 3. The standard InChI is InChI=1S/C19H25N5O3/c1-22-17-13(7-10-23-11-8-20-9-12-23)3-2-4-14(17)24(19(22)27)15-5-6-16(25)21-18(15)26/h2-4,15,20H,5-12H2,1H3,(H,21,25,26). The number of para-hydroxylation sites is 1. The summed E-state index contributed by atoms with van der Waals surface area (Å²) >= 11 is 0. The second-order valence-electron chi connectivity index (χ2n) is 7.31. The lowest BCUT2D eigenvalue weighted by Crippen LogP contribution is -2.44. The van der Waals surface area contributed by atoms with Crippen LogP contribution in [0.15, 0.2) is 23.0 Å². The van der Waals surface area contributed by atoms with Crippen molar-refractivity contribution >= 4 is 22.8 Å². The fourth-order valence-corrected chi connectivity index (χ4v) is 4.16. The summed E-state index contributed by atoms with van der Waals surface area (Å²) in [5.74, 6) is -0.673. The van der Waals surface area contributed by atoms with Crippen molar-refractivity contribution in [2.24, 2.45) is 7.05 Å². The van der Waals surface area contributed by atoms with Crippen LogP contribution in [0, 0.1) is 0 Å². The Morgan fingerprint density at radius 2 is 1.93 bits per heavy atom. The van der Waals surface area contributed by atoms with E-state index in [0.717, 1.165) is 55.7 Å². The number of nitrogens with one attached hydrogen (secondary N) is 2. The summed E-state index contributed by atoms with van der Waals surface area (Å²) in [6, 6.07) is 5.24. The van der Waals surface area contributed by atoms with Crippen LogP contribution in [0.1, 0.15) is 24.4 Å². The van der Waals surface area contributed by atoms with Gasteiger partial charge in [-0.05, 0) is 24.5 Å². The first-order valence-corrected chi connectivity index (χ1v) is 9.52. The van der Waals surface area contributed by atoms with Gasteiger partial charge in [-0.2, -0.15) is 0 Å². The third-order valence-electron chi connectivity index (χ3n) is 5.62. The molecule has 2 saturated heterocycles. The van der Waals surface area contributed by atoms with Gasteiger partial charge in [-0.1, -0.05) is 12.1 Å². The molecule has 2 amide bonds. The highest BCUT2D eigenvalue weighted by Crippen LogP contribution is 2.25. The topological polar surface area (TPSA) is 88.4 Å². The van der Waals surface area contributed by atoms with Crippen molar-refractivity contribution in [1.82, 2.24) is 24.7 Å². The molecule has 0 bridgehead atoms. The van der Waals surface area contributed by atoms with Gasteiger partial charge in [-0.3, -0.25) is 24.0 Å². The van der Waals surface area contributed by atoms with Crippen LogP contribution >= 0.6 is 0 Å². The predicted octanol–water partition coefficient (Wildman–Crippen LogP) is -0.235. The van der Waals surface area contributed by atoms with Crippen LogP contribution in [-0.4, -0.2) is 58.6 Å². The van der Waals surface area contributed by atoms with Gasteiger partial charge in [-0.25, -0.2) is 4.79 Å². The summed E-state index contributed by atoms with van der Waals surface area (Å²) in [6.07, 6.45) is 1.46.